The molecule has 0 saturated heterocycles. The Hall–Kier alpha value is -3.68. The number of carbonyl (C=O) groups is 2. The highest BCUT2D eigenvalue weighted by Gasteiger charge is 2.07. The highest BCUT2D eigenvalue weighted by atomic mass is 16.6. The molecule has 8 nitrogen and oxygen atoms in total. The molecule has 0 saturated carbocycles. The largest absolute Gasteiger partial charge is 0.452 e. The number of non-ortho nitro benzene ring substituents is 1. The van der Waals surface area contributed by atoms with Crippen LogP contribution in [0.25, 0.3) is 6.08 Å². The van der Waals surface area contributed by atoms with E-state index in [9.17, 15) is 19.7 Å². The third-order valence-corrected chi connectivity index (χ3v) is 3.53. The van der Waals surface area contributed by atoms with Crippen molar-refractivity contribution in [1.29, 1.82) is 0 Å². The second-order valence-electron chi connectivity index (χ2n) is 5.78. The smallest absolute Gasteiger partial charge is 0.331 e. The van der Waals surface area contributed by atoms with E-state index in [0.717, 1.165) is 11.8 Å². The van der Waals surface area contributed by atoms with Crippen LogP contribution in [-0.4, -0.2) is 37.5 Å². The van der Waals surface area contributed by atoms with Crippen molar-refractivity contribution < 1.29 is 19.2 Å². The molecule has 0 heterocycles. The molecular formula is C19H19N3O5. The summed E-state index contributed by atoms with van der Waals surface area (Å²) in [5, 5.41) is 13.2. The minimum atomic E-state index is -0.688. The second-order valence-corrected chi connectivity index (χ2v) is 5.78. The third-order valence-electron chi connectivity index (χ3n) is 3.53. The van der Waals surface area contributed by atoms with E-state index in [2.05, 4.69) is 5.32 Å². The molecule has 0 aliphatic carbocycles. The molecule has 0 atom stereocenters. The summed E-state index contributed by atoms with van der Waals surface area (Å²) in [5.74, 6) is -1.14. The van der Waals surface area contributed by atoms with Crippen molar-refractivity contribution in [1.82, 2.24) is 0 Å². The van der Waals surface area contributed by atoms with Crippen LogP contribution in [0.15, 0.2) is 54.6 Å². The first kappa shape index (κ1) is 19.6. The maximum atomic E-state index is 11.8. The van der Waals surface area contributed by atoms with Crippen LogP contribution in [0.4, 0.5) is 17.1 Å². The lowest BCUT2D eigenvalue weighted by Crippen LogP contribution is -2.20. The van der Waals surface area contributed by atoms with Crippen LogP contribution in [0, 0.1) is 10.1 Å². The zero-order valence-electron chi connectivity index (χ0n) is 14.9. The van der Waals surface area contributed by atoms with E-state index in [0.29, 0.717) is 11.3 Å². The summed E-state index contributed by atoms with van der Waals surface area (Å²) in [6, 6.07) is 12.9. The van der Waals surface area contributed by atoms with Gasteiger partial charge in [-0.15, -0.1) is 0 Å². The van der Waals surface area contributed by atoms with Crippen LogP contribution in [-0.2, 0) is 14.3 Å². The van der Waals surface area contributed by atoms with Crippen LogP contribution in [0.2, 0.25) is 0 Å². The fourth-order valence-electron chi connectivity index (χ4n) is 2.10. The zero-order chi connectivity index (χ0) is 19.8. The Morgan fingerprint density at radius 1 is 1.11 bits per heavy atom. The van der Waals surface area contributed by atoms with E-state index in [1.807, 2.05) is 31.1 Å². The minimum absolute atomic E-state index is 0.0370. The van der Waals surface area contributed by atoms with Gasteiger partial charge in [-0.05, 0) is 48.0 Å². The number of carbonyl (C=O) groups excluding carboxylic acids is 2. The number of hydrogen-bond acceptors (Lipinski definition) is 6. The predicted molar refractivity (Wildman–Crippen MR) is 102 cm³/mol. The van der Waals surface area contributed by atoms with E-state index >= 15 is 0 Å². The van der Waals surface area contributed by atoms with Crippen molar-refractivity contribution in [2.45, 2.75) is 0 Å². The third kappa shape index (κ3) is 6.28. The van der Waals surface area contributed by atoms with Crippen LogP contribution >= 0.6 is 0 Å². The number of rotatable bonds is 7. The van der Waals surface area contributed by atoms with Gasteiger partial charge in [0.2, 0.25) is 0 Å². The summed E-state index contributed by atoms with van der Waals surface area (Å²) in [6.45, 7) is -0.418. The molecule has 0 radical (unpaired) electrons. The molecule has 2 aromatic carbocycles. The number of nitrogens with one attached hydrogen (secondary N) is 1. The number of amides is 1. The number of nitro benzene ring substituents is 1. The first-order chi connectivity index (χ1) is 12.8. The summed E-state index contributed by atoms with van der Waals surface area (Å²) in [4.78, 5) is 35.5. The summed E-state index contributed by atoms with van der Waals surface area (Å²) in [5.41, 5.74) is 2.16. The van der Waals surface area contributed by atoms with Gasteiger partial charge in [-0.2, -0.15) is 0 Å². The second kappa shape index (κ2) is 9.14. The Kier molecular flexibility index (Phi) is 6.65. The van der Waals surface area contributed by atoms with Crippen molar-refractivity contribution in [3.05, 3.63) is 70.3 Å². The lowest BCUT2D eigenvalue weighted by Gasteiger charge is -2.13. The number of benzene rings is 2. The van der Waals surface area contributed by atoms with Gasteiger partial charge < -0.3 is 15.0 Å². The highest BCUT2D eigenvalue weighted by molar-refractivity contribution is 5.94. The molecule has 1 N–H and O–H groups in total. The number of nitrogens with zero attached hydrogens (tertiary/aromatic N) is 2. The fourth-order valence-corrected chi connectivity index (χ4v) is 2.10. The molecule has 8 heteroatoms. The highest BCUT2D eigenvalue weighted by Crippen LogP contribution is 2.15. The SMILES string of the molecule is CN(C)c1ccc(NC(=O)COC(=O)C=Cc2ccc([N+](=O)[O-])cc2)cc1. The van der Waals surface area contributed by atoms with E-state index < -0.39 is 23.4 Å². The molecule has 0 unspecified atom stereocenters. The first-order valence-electron chi connectivity index (χ1n) is 8.01. The molecule has 2 rings (SSSR count). The van der Waals surface area contributed by atoms with Gasteiger partial charge in [0.15, 0.2) is 6.61 Å². The Bertz CT molecular complexity index is 843. The molecule has 2 aromatic rings. The molecule has 140 valence electrons. The summed E-state index contributed by atoms with van der Waals surface area (Å²) in [7, 11) is 3.83. The number of nitro groups is 1. The molecular weight excluding hydrogens is 350 g/mol. The Morgan fingerprint density at radius 3 is 2.30 bits per heavy atom. The van der Waals surface area contributed by atoms with Crippen molar-refractivity contribution >= 4 is 35.0 Å². The predicted octanol–water partition coefficient (Wildman–Crippen LogP) is 2.86. The Labute approximate surface area is 156 Å². The Morgan fingerprint density at radius 2 is 1.74 bits per heavy atom. The van der Waals surface area contributed by atoms with E-state index in [-0.39, 0.29) is 5.69 Å². The number of esters is 1. The fraction of sp³-hybridized carbons (Fsp3) is 0.158. The van der Waals surface area contributed by atoms with Crippen molar-refractivity contribution in [3.8, 4) is 0 Å². The van der Waals surface area contributed by atoms with Crippen molar-refractivity contribution in [3.63, 3.8) is 0 Å². The summed E-state index contributed by atoms with van der Waals surface area (Å²) >= 11 is 0. The van der Waals surface area contributed by atoms with Crippen molar-refractivity contribution in [2.75, 3.05) is 30.9 Å². The van der Waals surface area contributed by atoms with Gasteiger partial charge in [0.1, 0.15) is 0 Å². The van der Waals surface area contributed by atoms with Gasteiger partial charge in [-0.1, -0.05) is 0 Å². The first-order valence-corrected chi connectivity index (χ1v) is 8.01. The van der Waals surface area contributed by atoms with Crippen molar-refractivity contribution in [2.24, 2.45) is 0 Å². The standard InChI is InChI=1S/C19H19N3O5/c1-21(2)16-10-6-15(7-11-16)20-18(23)13-27-19(24)12-5-14-3-8-17(9-4-14)22(25)26/h3-12H,13H2,1-2H3,(H,20,23). The molecule has 1 amide bonds. The quantitative estimate of drug-likeness (QED) is 0.348. The monoisotopic (exact) mass is 369 g/mol. The molecule has 0 aliphatic heterocycles. The molecule has 0 aliphatic rings. The molecule has 0 spiro atoms. The van der Waals surface area contributed by atoms with Gasteiger partial charge in [0, 0.05) is 43.7 Å². The topological polar surface area (TPSA) is 102 Å². The summed E-state index contributed by atoms with van der Waals surface area (Å²) in [6.07, 6.45) is 2.60. The van der Waals surface area contributed by atoms with E-state index in [1.165, 1.54) is 30.3 Å². The van der Waals surface area contributed by atoms with Gasteiger partial charge in [0.05, 0.1) is 4.92 Å². The lowest BCUT2D eigenvalue weighted by molar-refractivity contribution is -0.384. The lowest BCUT2D eigenvalue weighted by atomic mass is 10.2. The zero-order valence-corrected chi connectivity index (χ0v) is 14.9. The minimum Gasteiger partial charge on any atom is -0.452 e. The molecule has 0 fully saturated rings. The number of ether oxygens (including phenoxy) is 1. The normalized spacial score (nSPS) is 10.4. The van der Waals surface area contributed by atoms with Crippen LogP contribution < -0.4 is 10.2 Å². The molecule has 27 heavy (non-hydrogen) atoms. The van der Waals surface area contributed by atoms with Crippen LogP contribution in [0.1, 0.15) is 5.56 Å². The summed E-state index contributed by atoms with van der Waals surface area (Å²) < 4.78 is 4.87. The van der Waals surface area contributed by atoms with Crippen LogP contribution in [0.3, 0.4) is 0 Å². The van der Waals surface area contributed by atoms with Gasteiger partial charge in [0.25, 0.3) is 11.6 Å². The van der Waals surface area contributed by atoms with E-state index in [1.54, 1.807) is 12.1 Å². The molecule has 0 aromatic heterocycles. The average Bonchev–Trinajstić information content (AvgIpc) is 2.65. The van der Waals surface area contributed by atoms with Gasteiger partial charge in [-0.3, -0.25) is 14.9 Å². The average molecular weight is 369 g/mol. The van der Waals surface area contributed by atoms with E-state index in [4.69, 9.17) is 4.74 Å². The number of hydrogen-bond donors (Lipinski definition) is 1. The molecule has 0 bridgehead atoms. The van der Waals surface area contributed by atoms with Gasteiger partial charge >= 0.3 is 5.97 Å². The maximum absolute atomic E-state index is 11.8. The number of anilines is 2. The Balaban J connectivity index is 1.80. The maximum Gasteiger partial charge on any atom is 0.331 e. The van der Waals surface area contributed by atoms with Crippen LogP contribution in [0.5, 0.6) is 0 Å². The van der Waals surface area contributed by atoms with Gasteiger partial charge in [-0.25, -0.2) is 4.79 Å².